The van der Waals surface area contributed by atoms with Crippen molar-refractivity contribution in [3.63, 3.8) is 0 Å². The van der Waals surface area contributed by atoms with E-state index in [-0.39, 0.29) is 6.61 Å². The van der Waals surface area contributed by atoms with Crippen LogP contribution in [0.5, 0.6) is 5.88 Å². The number of aldehydes is 1. The Hall–Kier alpha value is -3.20. The van der Waals surface area contributed by atoms with Gasteiger partial charge in [0.25, 0.3) is 0 Å². The molecule has 0 bridgehead atoms. The van der Waals surface area contributed by atoms with E-state index in [0.29, 0.717) is 31.3 Å². The number of allylic oxidation sites excluding steroid dienone is 1. The van der Waals surface area contributed by atoms with E-state index in [1.807, 2.05) is 19.1 Å². The maximum atomic E-state index is 10.4. The van der Waals surface area contributed by atoms with Crippen molar-refractivity contribution in [2.24, 2.45) is 5.73 Å². The number of carbonyl (C=O) groups is 1. The maximum Gasteiger partial charge on any atom is 0.213 e. The molecule has 3 rings (SSSR count). The number of ether oxygens (including phenoxy) is 1. The zero-order valence-electron chi connectivity index (χ0n) is 19.7. The molecule has 0 amide bonds. The first kappa shape index (κ1) is 26.1. The molecule has 0 aliphatic carbocycles. The molecule has 33 heavy (non-hydrogen) atoms. The first-order valence-corrected chi connectivity index (χ1v) is 11.6. The van der Waals surface area contributed by atoms with Crippen LogP contribution in [-0.4, -0.2) is 52.6 Å². The zero-order chi connectivity index (χ0) is 23.9. The zero-order valence-corrected chi connectivity index (χ0v) is 19.7. The van der Waals surface area contributed by atoms with Crippen LogP contribution < -0.4 is 20.7 Å². The fourth-order valence-corrected chi connectivity index (χ4v) is 3.31. The van der Waals surface area contributed by atoms with Crippen molar-refractivity contribution in [2.75, 3.05) is 36.5 Å². The van der Waals surface area contributed by atoms with E-state index in [4.69, 9.17) is 20.6 Å². The number of anilines is 2. The summed E-state index contributed by atoms with van der Waals surface area (Å²) in [4.78, 5) is 26.4. The normalized spacial score (nSPS) is 13.7. The number of hydrogen-bond acceptors (Lipinski definition) is 9. The van der Waals surface area contributed by atoms with Crippen LogP contribution in [0.1, 0.15) is 57.3 Å². The van der Waals surface area contributed by atoms with E-state index in [1.54, 1.807) is 25.4 Å². The standard InChI is InChI=1S/C22H30N6O2.C2H6O/c1-2-18(14-23)22-26-19(13-20(27-22)28-9-4-3-5-10-28)24-15-17-7-8-21(25-16-17)30-12-6-11-29;1-2-3/h7-8,11,13-14,16H,2-6,9-10,12,15,23H2,1H3,(H,24,26,27);3H,2H2,1H3/b18-14-;. The number of pyridine rings is 1. The Balaban J connectivity index is 0.00000122. The maximum absolute atomic E-state index is 10.4. The highest BCUT2D eigenvalue weighted by molar-refractivity contribution is 5.63. The molecule has 180 valence electrons. The van der Waals surface area contributed by atoms with Gasteiger partial charge in [0.2, 0.25) is 5.88 Å². The number of nitrogens with two attached hydrogens (primary N) is 1. The Morgan fingerprint density at radius 3 is 2.61 bits per heavy atom. The highest BCUT2D eigenvalue weighted by atomic mass is 16.5. The Bertz CT molecular complexity index is 867. The predicted molar refractivity (Wildman–Crippen MR) is 131 cm³/mol. The molecular weight excluding hydrogens is 420 g/mol. The second-order valence-electron chi connectivity index (χ2n) is 7.51. The molecule has 0 unspecified atom stereocenters. The average Bonchev–Trinajstić information content (AvgIpc) is 2.85. The van der Waals surface area contributed by atoms with Crippen LogP contribution in [0, 0.1) is 0 Å². The predicted octanol–water partition coefficient (Wildman–Crippen LogP) is 3.15. The molecule has 3 heterocycles. The molecule has 0 radical (unpaired) electrons. The molecular formula is C24H36N6O3. The molecule has 0 aromatic carbocycles. The largest absolute Gasteiger partial charge is 0.477 e. The lowest BCUT2D eigenvalue weighted by atomic mass is 10.1. The molecule has 4 N–H and O–H groups in total. The van der Waals surface area contributed by atoms with Crippen molar-refractivity contribution in [3.05, 3.63) is 42.0 Å². The first-order chi connectivity index (χ1) is 16.1. The summed E-state index contributed by atoms with van der Waals surface area (Å²) in [5.74, 6) is 2.88. The molecule has 0 saturated carbocycles. The molecule has 9 heteroatoms. The van der Waals surface area contributed by atoms with E-state index >= 15 is 0 Å². The SMILES string of the molecule is CC/C(=C/N)c1nc(NCc2ccc(OCCC=O)nc2)cc(N2CCCCC2)n1.CCO. The van der Waals surface area contributed by atoms with E-state index in [9.17, 15) is 4.79 Å². The average molecular weight is 457 g/mol. The number of nitrogens with zero attached hydrogens (tertiary/aromatic N) is 4. The lowest BCUT2D eigenvalue weighted by Crippen LogP contribution is -2.30. The number of hydrogen-bond donors (Lipinski definition) is 3. The number of aliphatic hydroxyl groups excluding tert-OH is 1. The third kappa shape index (κ3) is 8.69. The molecule has 2 aromatic heterocycles. The summed E-state index contributed by atoms with van der Waals surface area (Å²) in [5, 5.41) is 11.0. The third-order valence-corrected chi connectivity index (χ3v) is 5.02. The molecule has 0 spiro atoms. The van der Waals surface area contributed by atoms with Gasteiger partial charge in [0.15, 0.2) is 5.82 Å². The van der Waals surface area contributed by atoms with Crippen LogP contribution in [-0.2, 0) is 11.3 Å². The van der Waals surface area contributed by atoms with Crippen molar-refractivity contribution in [1.82, 2.24) is 15.0 Å². The van der Waals surface area contributed by atoms with E-state index < -0.39 is 0 Å². The minimum Gasteiger partial charge on any atom is -0.477 e. The number of piperidine rings is 1. The quantitative estimate of drug-likeness (QED) is 0.365. The van der Waals surface area contributed by atoms with E-state index in [2.05, 4.69) is 20.2 Å². The summed E-state index contributed by atoms with van der Waals surface area (Å²) in [6.45, 7) is 6.92. The van der Waals surface area contributed by atoms with Gasteiger partial charge in [-0.2, -0.15) is 0 Å². The van der Waals surface area contributed by atoms with Gasteiger partial charge in [-0.1, -0.05) is 13.0 Å². The number of aromatic nitrogens is 3. The van der Waals surface area contributed by atoms with Gasteiger partial charge in [-0.15, -0.1) is 0 Å². The number of aliphatic hydroxyl groups is 1. The van der Waals surface area contributed by atoms with Gasteiger partial charge in [-0.25, -0.2) is 15.0 Å². The first-order valence-electron chi connectivity index (χ1n) is 11.6. The summed E-state index contributed by atoms with van der Waals surface area (Å²) in [6.07, 6.45) is 8.94. The fraction of sp³-hybridized carbons (Fsp3) is 0.500. The summed E-state index contributed by atoms with van der Waals surface area (Å²) in [6, 6.07) is 5.75. The van der Waals surface area contributed by atoms with Crippen LogP contribution in [0.3, 0.4) is 0 Å². The molecule has 2 aromatic rings. The lowest BCUT2D eigenvalue weighted by molar-refractivity contribution is -0.108. The Morgan fingerprint density at radius 1 is 1.24 bits per heavy atom. The van der Waals surface area contributed by atoms with Gasteiger partial charge < -0.3 is 30.6 Å². The van der Waals surface area contributed by atoms with Gasteiger partial charge >= 0.3 is 0 Å². The molecule has 1 saturated heterocycles. The minimum absolute atomic E-state index is 0.250. The minimum atomic E-state index is 0.250. The Kier molecular flexibility index (Phi) is 11.7. The number of rotatable bonds is 10. The van der Waals surface area contributed by atoms with Gasteiger partial charge in [-0.05, 0) is 38.2 Å². The summed E-state index contributed by atoms with van der Waals surface area (Å²) >= 11 is 0. The van der Waals surface area contributed by atoms with E-state index in [1.165, 1.54) is 19.3 Å². The van der Waals surface area contributed by atoms with Crippen molar-refractivity contribution in [3.8, 4) is 5.88 Å². The molecule has 1 aliphatic heterocycles. The summed E-state index contributed by atoms with van der Waals surface area (Å²) in [7, 11) is 0. The Labute approximate surface area is 196 Å². The van der Waals surface area contributed by atoms with Crippen molar-refractivity contribution in [1.29, 1.82) is 0 Å². The second-order valence-corrected chi connectivity index (χ2v) is 7.51. The van der Waals surface area contributed by atoms with Crippen LogP contribution in [0.4, 0.5) is 11.6 Å². The highest BCUT2D eigenvalue weighted by Gasteiger charge is 2.16. The fourth-order valence-electron chi connectivity index (χ4n) is 3.31. The summed E-state index contributed by atoms with van der Waals surface area (Å²) in [5.41, 5.74) is 7.73. The highest BCUT2D eigenvalue weighted by Crippen LogP contribution is 2.24. The molecule has 1 fully saturated rings. The van der Waals surface area contributed by atoms with Crippen molar-refractivity contribution >= 4 is 23.5 Å². The second kappa shape index (κ2) is 14.8. The topological polar surface area (TPSA) is 126 Å². The van der Waals surface area contributed by atoms with Crippen LogP contribution >= 0.6 is 0 Å². The number of carbonyl (C=O) groups excluding carboxylic acids is 1. The smallest absolute Gasteiger partial charge is 0.213 e. The number of nitrogens with one attached hydrogen (secondary N) is 1. The van der Waals surface area contributed by atoms with Gasteiger partial charge in [0.1, 0.15) is 17.9 Å². The lowest BCUT2D eigenvalue weighted by Gasteiger charge is -2.28. The Morgan fingerprint density at radius 2 is 2.00 bits per heavy atom. The van der Waals surface area contributed by atoms with Crippen LogP contribution in [0.25, 0.3) is 5.57 Å². The third-order valence-electron chi connectivity index (χ3n) is 5.02. The monoisotopic (exact) mass is 456 g/mol. The van der Waals surface area contributed by atoms with Gasteiger partial charge in [0.05, 0.1) is 6.61 Å². The molecule has 1 aliphatic rings. The van der Waals surface area contributed by atoms with E-state index in [0.717, 1.165) is 48.6 Å². The van der Waals surface area contributed by atoms with Crippen LogP contribution in [0.2, 0.25) is 0 Å². The van der Waals surface area contributed by atoms with Crippen molar-refractivity contribution in [2.45, 2.75) is 52.5 Å². The molecule has 0 atom stereocenters. The summed E-state index contributed by atoms with van der Waals surface area (Å²) < 4.78 is 5.41. The van der Waals surface area contributed by atoms with Gasteiger partial charge in [0, 0.05) is 62.8 Å². The van der Waals surface area contributed by atoms with Crippen LogP contribution in [0.15, 0.2) is 30.6 Å². The van der Waals surface area contributed by atoms with Gasteiger partial charge in [-0.3, -0.25) is 0 Å². The molecule has 9 nitrogen and oxygen atoms in total. The van der Waals surface area contributed by atoms with Crippen molar-refractivity contribution < 1.29 is 14.6 Å².